The molecule has 2 amide bonds. The van der Waals surface area contributed by atoms with Crippen molar-refractivity contribution < 1.29 is 22.7 Å². The number of imidazole rings is 1. The summed E-state index contributed by atoms with van der Waals surface area (Å²) < 4.78 is 33.2. The molecule has 0 bridgehead atoms. The van der Waals surface area contributed by atoms with Crippen molar-refractivity contribution in [3.63, 3.8) is 0 Å². The van der Waals surface area contributed by atoms with Crippen molar-refractivity contribution in [2.75, 3.05) is 19.0 Å². The smallest absolute Gasteiger partial charge is 0.276 e. The Morgan fingerprint density at radius 3 is 2.56 bits per heavy atom. The van der Waals surface area contributed by atoms with Crippen LogP contribution in [0.4, 0.5) is 5.95 Å². The number of amides is 2. The molecule has 184 valence electrons. The van der Waals surface area contributed by atoms with Gasteiger partial charge in [-0.2, -0.15) is 13.5 Å². The lowest BCUT2D eigenvalue weighted by Crippen LogP contribution is -2.31. The molecule has 0 spiro atoms. The Balaban J connectivity index is 1.98. The molecule has 1 aromatic carbocycles. The number of hydrogen-bond acceptors (Lipinski definition) is 7. The molecule has 0 aliphatic carbocycles. The summed E-state index contributed by atoms with van der Waals surface area (Å²) in [4.78, 5) is 29.3. The van der Waals surface area contributed by atoms with E-state index in [-0.39, 0.29) is 18.1 Å². The van der Waals surface area contributed by atoms with Crippen LogP contribution in [0.2, 0.25) is 0 Å². The first-order valence-corrected chi connectivity index (χ1v) is 12.1. The molecule has 3 rings (SSSR count). The molecule has 2 heterocycles. The number of fused-ring (bicyclic) bond motifs is 1. The van der Waals surface area contributed by atoms with Gasteiger partial charge >= 0.3 is 0 Å². The maximum absolute atomic E-state index is 13.0. The number of primary amides is 1. The van der Waals surface area contributed by atoms with E-state index in [0.29, 0.717) is 54.1 Å². The van der Waals surface area contributed by atoms with E-state index in [4.69, 9.17) is 15.6 Å². The fourth-order valence-corrected chi connectivity index (χ4v) is 4.01. The molecule has 34 heavy (non-hydrogen) atoms. The number of nitrogens with zero attached hydrogens (tertiary/aromatic N) is 4. The molecule has 13 nitrogen and oxygen atoms in total. The zero-order valence-corrected chi connectivity index (χ0v) is 20.0. The Hall–Kier alpha value is -3.49. The number of methoxy groups -OCH3 is 1. The van der Waals surface area contributed by atoms with Crippen LogP contribution >= 0.6 is 0 Å². The van der Waals surface area contributed by atoms with Crippen molar-refractivity contribution in [1.82, 2.24) is 24.1 Å². The fraction of sp³-hybridized carbons (Fsp3) is 0.400. The number of aromatic nitrogens is 4. The quantitative estimate of drug-likeness (QED) is 0.280. The summed E-state index contributed by atoms with van der Waals surface area (Å²) in [6.07, 6.45) is 1.01. The maximum atomic E-state index is 13.0. The zero-order chi connectivity index (χ0) is 25.0. The van der Waals surface area contributed by atoms with Crippen molar-refractivity contribution in [2.45, 2.75) is 39.8 Å². The number of rotatable bonds is 11. The third-order valence-corrected chi connectivity index (χ3v) is 5.69. The highest BCUT2D eigenvalue weighted by Gasteiger charge is 2.21. The highest BCUT2D eigenvalue weighted by atomic mass is 32.2. The third-order valence-electron chi connectivity index (χ3n) is 5.08. The van der Waals surface area contributed by atoms with Gasteiger partial charge < -0.3 is 15.0 Å². The molecule has 14 heteroatoms. The van der Waals surface area contributed by atoms with Crippen LogP contribution in [0.5, 0.6) is 5.75 Å². The summed E-state index contributed by atoms with van der Waals surface area (Å²) in [7, 11) is -2.32. The second kappa shape index (κ2) is 10.2. The number of nitrogens with one attached hydrogen (secondary N) is 2. The number of hydrogen-bond donors (Lipinski definition) is 4. The van der Waals surface area contributed by atoms with Crippen LogP contribution in [-0.4, -0.2) is 53.2 Å². The van der Waals surface area contributed by atoms with Gasteiger partial charge in [-0.15, -0.1) is 0 Å². The zero-order valence-electron chi connectivity index (χ0n) is 19.2. The first-order chi connectivity index (χ1) is 16.0. The van der Waals surface area contributed by atoms with Crippen molar-refractivity contribution in [2.24, 2.45) is 10.9 Å². The highest BCUT2D eigenvalue weighted by Crippen LogP contribution is 2.31. The number of carbonyl (C=O) groups is 2. The Bertz CT molecular complexity index is 1330. The van der Waals surface area contributed by atoms with Gasteiger partial charge in [0.2, 0.25) is 11.9 Å². The van der Waals surface area contributed by atoms with E-state index in [1.165, 1.54) is 19.2 Å². The van der Waals surface area contributed by atoms with Crippen LogP contribution in [0.3, 0.4) is 0 Å². The molecule has 0 aliphatic rings. The molecule has 3 aromatic rings. The second-order valence-corrected chi connectivity index (χ2v) is 8.96. The van der Waals surface area contributed by atoms with E-state index < -0.39 is 22.0 Å². The summed E-state index contributed by atoms with van der Waals surface area (Å²) in [5.41, 5.74) is 7.70. The molecule has 6 N–H and O–H groups in total. The van der Waals surface area contributed by atoms with Crippen LogP contribution < -0.4 is 25.6 Å². The van der Waals surface area contributed by atoms with Gasteiger partial charge in [0.1, 0.15) is 17.0 Å². The van der Waals surface area contributed by atoms with Crippen LogP contribution in [0.25, 0.3) is 11.0 Å². The molecule has 0 aliphatic heterocycles. The molecule has 2 aromatic heterocycles. The Kier molecular flexibility index (Phi) is 7.54. The normalized spacial score (nSPS) is 11.6. The molecular weight excluding hydrogens is 464 g/mol. The lowest BCUT2D eigenvalue weighted by atomic mass is 10.1. The van der Waals surface area contributed by atoms with Gasteiger partial charge in [0.15, 0.2) is 0 Å². The van der Waals surface area contributed by atoms with E-state index in [2.05, 4.69) is 20.1 Å². The Morgan fingerprint density at radius 2 is 1.94 bits per heavy atom. The number of ether oxygens (including phenoxy) is 1. The molecule has 0 saturated carbocycles. The topological polar surface area (TPSA) is 189 Å². The van der Waals surface area contributed by atoms with E-state index in [1.54, 1.807) is 22.2 Å². The van der Waals surface area contributed by atoms with Crippen molar-refractivity contribution in [1.29, 1.82) is 0 Å². The average Bonchev–Trinajstić information content (AvgIpc) is 3.31. The van der Waals surface area contributed by atoms with Crippen molar-refractivity contribution >= 4 is 39.0 Å². The van der Waals surface area contributed by atoms with Gasteiger partial charge in [0, 0.05) is 25.2 Å². The minimum atomic E-state index is -3.77. The summed E-state index contributed by atoms with van der Waals surface area (Å²) in [6.45, 7) is 4.72. The van der Waals surface area contributed by atoms with E-state index in [9.17, 15) is 18.0 Å². The van der Waals surface area contributed by atoms with Crippen molar-refractivity contribution in [3.05, 3.63) is 35.2 Å². The number of anilines is 1. The molecule has 0 saturated heterocycles. The van der Waals surface area contributed by atoms with Crippen molar-refractivity contribution in [3.8, 4) is 5.75 Å². The SMILES string of the molecule is CCn1nc(C)cc1C(=O)Nc1nc2cc(C(N)=O)cc(OC)c2n1CCCCNS(N)(=O)=O. The van der Waals surface area contributed by atoms with E-state index in [1.807, 2.05) is 6.92 Å². The standard InChI is InChI=1S/C20H28N8O5S/c1-4-28-15(9-12(2)26-28)19(30)25-20-24-14-10-13(18(21)29)11-16(33-3)17(14)27(20)8-6-5-7-23-34(22,31)32/h9-11,23H,4-8H2,1-3H3,(H2,21,29)(H2,22,31,32)(H,24,25,30). The second-order valence-electron chi connectivity index (χ2n) is 7.58. The molecular formula is C20H28N8O5S. The van der Waals surface area contributed by atoms with Gasteiger partial charge in [-0.25, -0.2) is 14.8 Å². The fourth-order valence-electron chi connectivity index (χ4n) is 3.59. The van der Waals surface area contributed by atoms with Gasteiger partial charge in [0.05, 0.1) is 18.3 Å². The number of unbranched alkanes of at least 4 members (excludes halogenated alkanes) is 1. The number of nitrogens with two attached hydrogens (primary N) is 2. The first kappa shape index (κ1) is 25.1. The number of benzene rings is 1. The van der Waals surface area contributed by atoms with E-state index in [0.717, 1.165) is 0 Å². The Morgan fingerprint density at radius 1 is 1.21 bits per heavy atom. The van der Waals surface area contributed by atoms with Gasteiger partial charge in [-0.1, -0.05) is 0 Å². The Labute approximate surface area is 196 Å². The third kappa shape index (κ3) is 5.70. The maximum Gasteiger partial charge on any atom is 0.276 e. The summed E-state index contributed by atoms with van der Waals surface area (Å²) in [5.74, 6) is -0.446. The molecule has 0 radical (unpaired) electrons. The predicted molar refractivity (Wildman–Crippen MR) is 126 cm³/mol. The van der Waals surface area contributed by atoms with Crippen LogP contribution in [0.15, 0.2) is 18.2 Å². The van der Waals surface area contributed by atoms with Gasteiger partial charge in [-0.05, 0) is 44.9 Å². The van der Waals surface area contributed by atoms with Crippen LogP contribution in [0.1, 0.15) is 46.3 Å². The molecule has 0 fully saturated rings. The monoisotopic (exact) mass is 492 g/mol. The van der Waals surface area contributed by atoms with Gasteiger partial charge in [0.25, 0.3) is 16.1 Å². The lowest BCUT2D eigenvalue weighted by Gasteiger charge is -2.13. The van der Waals surface area contributed by atoms with E-state index >= 15 is 0 Å². The first-order valence-electron chi connectivity index (χ1n) is 10.5. The number of carbonyl (C=O) groups excluding carboxylic acids is 2. The largest absolute Gasteiger partial charge is 0.494 e. The average molecular weight is 493 g/mol. The van der Waals surface area contributed by atoms with Gasteiger partial charge in [-0.3, -0.25) is 19.6 Å². The molecule has 0 atom stereocenters. The summed E-state index contributed by atoms with van der Waals surface area (Å²) >= 11 is 0. The van der Waals surface area contributed by atoms with Crippen LogP contribution in [0, 0.1) is 6.92 Å². The molecule has 0 unspecified atom stereocenters. The summed E-state index contributed by atoms with van der Waals surface area (Å²) in [6, 6.07) is 4.71. The summed E-state index contributed by atoms with van der Waals surface area (Å²) in [5, 5.41) is 12.1. The predicted octanol–water partition coefficient (Wildman–Crippen LogP) is 0.494. The highest BCUT2D eigenvalue weighted by molar-refractivity contribution is 7.87. The minimum Gasteiger partial charge on any atom is -0.494 e. The lowest BCUT2D eigenvalue weighted by molar-refractivity contribution is 0.0995. The van der Waals surface area contributed by atoms with Crippen LogP contribution in [-0.2, 0) is 23.3 Å². The minimum absolute atomic E-state index is 0.158. The number of aryl methyl sites for hydroxylation is 3.